The SMILES string of the molecule is CC[C@H](NC(=O)/C=C/c1cn(C)c(=O)n(C)c1=O)C12CC3CC(CC(C3)C1)C2. The van der Waals surface area contributed by atoms with Crippen LogP contribution in [0.15, 0.2) is 21.9 Å². The molecule has 1 aromatic rings. The summed E-state index contributed by atoms with van der Waals surface area (Å²) in [6.07, 6.45) is 13.3. The Balaban J connectivity index is 1.49. The molecule has 0 unspecified atom stereocenters. The molecule has 0 spiro atoms. The van der Waals surface area contributed by atoms with E-state index in [1.54, 1.807) is 7.05 Å². The Morgan fingerprint density at radius 2 is 1.75 bits per heavy atom. The van der Waals surface area contributed by atoms with E-state index in [-0.39, 0.29) is 28.6 Å². The predicted octanol–water partition coefficient (Wildman–Crippen LogP) is 2.21. The fraction of sp³-hybridized carbons (Fsp3) is 0.682. The highest BCUT2D eigenvalue weighted by molar-refractivity contribution is 5.91. The lowest BCUT2D eigenvalue weighted by Gasteiger charge is -2.59. The average molecular weight is 386 g/mol. The van der Waals surface area contributed by atoms with Gasteiger partial charge in [-0.3, -0.25) is 14.2 Å². The van der Waals surface area contributed by atoms with Crippen LogP contribution in [-0.4, -0.2) is 21.1 Å². The van der Waals surface area contributed by atoms with Crippen LogP contribution in [0.2, 0.25) is 0 Å². The Bertz CT molecular complexity index is 889. The Morgan fingerprint density at radius 3 is 2.29 bits per heavy atom. The van der Waals surface area contributed by atoms with Gasteiger partial charge < -0.3 is 9.88 Å². The van der Waals surface area contributed by atoms with Crippen molar-refractivity contribution in [3.05, 3.63) is 38.7 Å². The molecule has 6 heteroatoms. The first-order chi connectivity index (χ1) is 13.3. The van der Waals surface area contributed by atoms with Gasteiger partial charge in [0.2, 0.25) is 5.91 Å². The van der Waals surface area contributed by atoms with Crippen LogP contribution >= 0.6 is 0 Å². The van der Waals surface area contributed by atoms with Crippen molar-refractivity contribution in [1.82, 2.24) is 14.5 Å². The summed E-state index contributed by atoms with van der Waals surface area (Å²) in [5, 5.41) is 3.25. The second kappa shape index (κ2) is 7.05. The smallest absolute Gasteiger partial charge is 0.330 e. The van der Waals surface area contributed by atoms with Crippen LogP contribution in [0.3, 0.4) is 0 Å². The zero-order valence-corrected chi connectivity index (χ0v) is 17.1. The summed E-state index contributed by atoms with van der Waals surface area (Å²) in [5.41, 5.74) is -0.165. The van der Waals surface area contributed by atoms with Crippen LogP contribution in [0.5, 0.6) is 0 Å². The van der Waals surface area contributed by atoms with Gasteiger partial charge in [-0.25, -0.2) is 4.79 Å². The maximum atomic E-state index is 12.7. The van der Waals surface area contributed by atoms with Crippen molar-refractivity contribution in [1.29, 1.82) is 0 Å². The topological polar surface area (TPSA) is 73.1 Å². The van der Waals surface area contributed by atoms with Crippen molar-refractivity contribution in [3.63, 3.8) is 0 Å². The maximum Gasteiger partial charge on any atom is 0.330 e. The van der Waals surface area contributed by atoms with Crippen LogP contribution in [0.1, 0.15) is 57.4 Å². The molecule has 1 amide bonds. The van der Waals surface area contributed by atoms with E-state index in [9.17, 15) is 14.4 Å². The molecule has 0 radical (unpaired) electrons. The lowest BCUT2D eigenvalue weighted by Crippen LogP contribution is -2.56. The van der Waals surface area contributed by atoms with Crippen molar-refractivity contribution in [2.24, 2.45) is 37.3 Å². The number of carbonyl (C=O) groups excluding carboxylic acids is 1. The fourth-order valence-electron chi connectivity index (χ4n) is 6.63. The second-order valence-electron chi connectivity index (χ2n) is 9.42. The standard InChI is InChI=1S/C22H31N3O3/c1-4-18(22-10-14-7-15(11-22)9-16(8-14)12-22)23-19(26)6-5-17-13-24(2)21(28)25(3)20(17)27/h5-6,13-16,18H,4,7-12H2,1-3H3,(H,23,26)/b6-5+/t14?,15?,16?,18-,22?/m0/s1. The van der Waals surface area contributed by atoms with Gasteiger partial charge in [0.25, 0.3) is 5.56 Å². The van der Waals surface area contributed by atoms with Crippen LogP contribution < -0.4 is 16.6 Å². The third-order valence-corrected chi connectivity index (χ3v) is 7.44. The van der Waals surface area contributed by atoms with Crippen LogP contribution in [0.25, 0.3) is 6.08 Å². The van der Waals surface area contributed by atoms with Gasteiger partial charge in [0.05, 0.1) is 5.56 Å². The van der Waals surface area contributed by atoms with Crippen molar-refractivity contribution >= 4 is 12.0 Å². The summed E-state index contributed by atoms with van der Waals surface area (Å²) < 4.78 is 2.41. The molecule has 1 atom stereocenters. The largest absolute Gasteiger partial charge is 0.349 e. The summed E-state index contributed by atoms with van der Waals surface area (Å²) in [6, 6.07) is 0.195. The molecule has 4 bridgehead atoms. The molecule has 4 aliphatic rings. The first kappa shape index (κ1) is 19.2. The molecule has 0 aliphatic heterocycles. The molecule has 0 saturated heterocycles. The number of rotatable bonds is 5. The number of aromatic nitrogens is 2. The third kappa shape index (κ3) is 3.27. The number of hydrogen-bond donors (Lipinski definition) is 1. The fourth-order valence-corrected chi connectivity index (χ4v) is 6.63. The second-order valence-corrected chi connectivity index (χ2v) is 9.42. The van der Waals surface area contributed by atoms with E-state index in [1.807, 2.05) is 0 Å². The molecule has 4 aliphatic carbocycles. The van der Waals surface area contributed by atoms with E-state index in [0.29, 0.717) is 5.56 Å². The van der Waals surface area contributed by atoms with Gasteiger partial charge in [-0.2, -0.15) is 0 Å². The summed E-state index contributed by atoms with van der Waals surface area (Å²) in [6.45, 7) is 2.16. The minimum atomic E-state index is -0.389. The number of hydrogen-bond acceptors (Lipinski definition) is 3. The molecule has 0 aromatic carbocycles. The van der Waals surface area contributed by atoms with Crippen LogP contribution in [-0.2, 0) is 18.9 Å². The molecule has 1 heterocycles. The van der Waals surface area contributed by atoms with E-state index in [1.165, 1.54) is 68.5 Å². The van der Waals surface area contributed by atoms with E-state index in [4.69, 9.17) is 0 Å². The third-order valence-electron chi connectivity index (χ3n) is 7.44. The maximum absolute atomic E-state index is 12.7. The predicted molar refractivity (Wildman–Crippen MR) is 109 cm³/mol. The number of nitrogens with zero attached hydrogens (tertiary/aromatic N) is 2. The molecule has 6 nitrogen and oxygen atoms in total. The highest BCUT2D eigenvalue weighted by Gasteiger charge is 2.53. The van der Waals surface area contributed by atoms with Crippen molar-refractivity contribution in [2.45, 2.75) is 57.9 Å². The van der Waals surface area contributed by atoms with Gasteiger partial charge in [0, 0.05) is 32.4 Å². The van der Waals surface area contributed by atoms with Gasteiger partial charge >= 0.3 is 5.69 Å². The normalized spacial score (nSPS) is 32.0. The van der Waals surface area contributed by atoms with Gasteiger partial charge in [0.1, 0.15) is 0 Å². The molecular formula is C22H31N3O3. The summed E-state index contributed by atoms with van der Waals surface area (Å²) in [4.78, 5) is 36.7. The van der Waals surface area contributed by atoms with Gasteiger partial charge in [-0.05, 0) is 74.2 Å². The Labute approximate surface area is 165 Å². The number of amides is 1. The molecule has 4 saturated carbocycles. The molecule has 28 heavy (non-hydrogen) atoms. The number of carbonyl (C=O) groups is 1. The van der Waals surface area contributed by atoms with Gasteiger partial charge in [-0.15, -0.1) is 0 Å². The molecule has 1 aromatic heterocycles. The lowest BCUT2D eigenvalue weighted by atomic mass is 9.47. The van der Waals surface area contributed by atoms with Gasteiger partial charge in [0.15, 0.2) is 0 Å². The first-order valence-corrected chi connectivity index (χ1v) is 10.6. The summed E-state index contributed by atoms with van der Waals surface area (Å²) >= 11 is 0. The Hall–Kier alpha value is -2.11. The number of aryl methyl sites for hydroxylation is 1. The molecular weight excluding hydrogens is 354 g/mol. The van der Waals surface area contributed by atoms with Crippen LogP contribution in [0.4, 0.5) is 0 Å². The van der Waals surface area contributed by atoms with Crippen molar-refractivity contribution in [3.8, 4) is 0 Å². The van der Waals surface area contributed by atoms with E-state index < -0.39 is 0 Å². The minimum absolute atomic E-state index is 0.154. The highest BCUT2D eigenvalue weighted by atomic mass is 16.2. The molecule has 1 N–H and O–H groups in total. The Morgan fingerprint density at radius 1 is 1.18 bits per heavy atom. The summed E-state index contributed by atoms with van der Waals surface area (Å²) in [7, 11) is 3.04. The van der Waals surface area contributed by atoms with Crippen molar-refractivity contribution < 1.29 is 4.79 Å². The van der Waals surface area contributed by atoms with E-state index in [2.05, 4.69) is 12.2 Å². The number of nitrogens with one attached hydrogen (secondary N) is 1. The average Bonchev–Trinajstić information content (AvgIpc) is 2.65. The highest BCUT2D eigenvalue weighted by Crippen LogP contribution is 2.61. The zero-order chi connectivity index (χ0) is 20.1. The molecule has 4 fully saturated rings. The van der Waals surface area contributed by atoms with Gasteiger partial charge in [-0.1, -0.05) is 6.92 Å². The van der Waals surface area contributed by atoms with Crippen LogP contribution in [0, 0.1) is 23.2 Å². The zero-order valence-electron chi connectivity index (χ0n) is 17.1. The van der Waals surface area contributed by atoms with E-state index in [0.717, 1.165) is 28.7 Å². The summed E-state index contributed by atoms with van der Waals surface area (Å²) in [5.74, 6) is 2.39. The lowest BCUT2D eigenvalue weighted by molar-refractivity contribution is -0.122. The minimum Gasteiger partial charge on any atom is -0.349 e. The molecule has 152 valence electrons. The van der Waals surface area contributed by atoms with E-state index >= 15 is 0 Å². The monoisotopic (exact) mass is 385 g/mol. The Kier molecular flexibility index (Phi) is 4.84. The quantitative estimate of drug-likeness (QED) is 0.790. The molecule has 5 rings (SSSR count). The van der Waals surface area contributed by atoms with Crippen molar-refractivity contribution in [2.75, 3.05) is 0 Å². The first-order valence-electron chi connectivity index (χ1n) is 10.6.